The van der Waals surface area contributed by atoms with Gasteiger partial charge in [-0.15, -0.1) is 0 Å². The molecule has 356 valence electrons. The van der Waals surface area contributed by atoms with Crippen LogP contribution >= 0.6 is 0 Å². The summed E-state index contributed by atoms with van der Waals surface area (Å²) in [5.41, 5.74) is 0. The molecule has 0 amide bonds. The molecule has 0 aliphatic carbocycles. The largest absolute Gasteiger partial charge is 0.462 e. The topological polar surface area (TPSA) is 78.9 Å². The van der Waals surface area contributed by atoms with E-state index in [4.69, 9.17) is 14.2 Å². The van der Waals surface area contributed by atoms with E-state index >= 15 is 0 Å². The van der Waals surface area contributed by atoms with Crippen molar-refractivity contribution in [1.82, 2.24) is 0 Å². The molecule has 1 atom stereocenters. The Morgan fingerprint density at radius 1 is 0.328 bits per heavy atom. The lowest BCUT2D eigenvalue weighted by Crippen LogP contribution is -2.30. The Hall–Kier alpha value is -2.37. The van der Waals surface area contributed by atoms with Crippen LogP contribution in [0, 0.1) is 0 Å². The third kappa shape index (κ3) is 48.5. The molecular formula is C55H100O6. The summed E-state index contributed by atoms with van der Waals surface area (Å²) in [6.07, 6.45) is 58.5. The van der Waals surface area contributed by atoms with Gasteiger partial charge in [-0.3, -0.25) is 14.4 Å². The molecule has 0 radical (unpaired) electrons. The highest BCUT2D eigenvalue weighted by Crippen LogP contribution is 2.16. The number of hydrogen-bond acceptors (Lipinski definition) is 6. The number of carbonyl (C=O) groups is 3. The van der Waals surface area contributed by atoms with Crippen LogP contribution in [0.3, 0.4) is 0 Å². The van der Waals surface area contributed by atoms with E-state index in [-0.39, 0.29) is 31.1 Å². The molecule has 0 aliphatic rings. The summed E-state index contributed by atoms with van der Waals surface area (Å²) in [6, 6.07) is 0. The van der Waals surface area contributed by atoms with Crippen molar-refractivity contribution in [3.05, 3.63) is 36.5 Å². The third-order valence-corrected chi connectivity index (χ3v) is 11.6. The smallest absolute Gasteiger partial charge is 0.306 e. The Morgan fingerprint density at radius 2 is 0.623 bits per heavy atom. The van der Waals surface area contributed by atoms with Crippen LogP contribution in [0.5, 0.6) is 0 Å². The normalized spacial score (nSPS) is 12.2. The molecule has 6 heteroatoms. The van der Waals surface area contributed by atoms with E-state index in [0.717, 1.165) is 103 Å². The molecule has 0 saturated carbocycles. The Kier molecular flexibility index (Phi) is 48.3. The molecule has 0 fully saturated rings. The van der Waals surface area contributed by atoms with Gasteiger partial charge < -0.3 is 14.2 Å². The van der Waals surface area contributed by atoms with Crippen LogP contribution in [-0.4, -0.2) is 37.2 Å². The van der Waals surface area contributed by atoms with Crippen molar-refractivity contribution in [2.45, 2.75) is 284 Å². The highest BCUT2D eigenvalue weighted by atomic mass is 16.6. The quantitative estimate of drug-likeness (QED) is 0.0262. The fourth-order valence-corrected chi connectivity index (χ4v) is 7.60. The average Bonchev–Trinajstić information content (AvgIpc) is 3.26. The van der Waals surface area contributed by atoms with E-state index in [1.54, 1.807) is 0 Å². The zero-order valence-electron chi connectivity index (χ0n) is 40.7. The van der Waals surface area contributed by atoms with Crippen LogP contribution < -0.4 is 0 Å². The molecule has 0 bridgehead atoms. The van der Waals surface area contributed by atoms with Gasteiger partial charge in [0.15, 0.2) is 6.10 Å². The summed E-state index contributed by atoms with van der Waals surface area (Å²) in [7, 11) is 0. The number of allylic oxidation sites excluding steroid dienone is 6. The van der Waals surface area contributed by atoms with Gasteiger partial charge >= 0.3 is 17.9 Å². The molecule has 0 spiro atoms. The summed E-state index contributed by atoms with van der Waals surface area (Å²) in [4.78, 5) is 37.9. The van der Waals surface area contributed by atoms with Crippen molar-refractivity contribution in [3.8, 4) is 0 Å². The standard InChI is InChI=1S/C55H100O6/c1-4-7-10-13-16-19-22-24-25-26-27-28-29-30-32-33-36-39-42-45-48-54(57)60-51-52(50-59-53(56)47-44-41-38-35-21-18-15-12-9-6-3)61-55(58)49-46-43-40-37-34-31-23-20-17-14-11-8-5-2/h11-12,14-15,20,23,52H,4-10,13,16-19,21-22,24-51H2,1-3H3/b14-11-,15-12-,23-20-. The number of carbonyl (C=O) groups excluding carboxylic acids is 3. The lowest BCUT2D eigenvalue weighted by Gasteiger charge is -2.18. The van der Waals surface area contributed by atoms with Crippen molar-refractivity contribution in [1.29, 1.82) is 0 Å². The lowest BCUT2D eigenvalue weighted by molar-refractivity contribution is -0.167. The SMILES string of the molecule is CCC/C=C\C/C=C\CCCCCCCC(=O)OC(COC(=O)CCCCCCC/C=C\CCC)COC(=O)CCCCCCCCCCCCCCCCCCCCCC. The van der Waals surface area contributed by atoms with Crippen molar-refractivity contribution in [2.75, 3.05) is 13.2 Å². The molecule has 0 N–H and O–H groups in total. The van der Waals surface area contributed by atoms with Gasteiger partial charge in [-0.2, -0.15) is 0 Å². The zero-order chi connectivity index (χ0) is 44.4. The summed E-state index contributed by atoms with van der Waals surface area (Å²) in [5.74, 6) is -0.893. The molecule has 0 heterocycles. The maximum Gasteiger partial charge on any atom is 0.306 e. The number of hydrogen-bond donors (Lipinski definition) is 0. The molecule has 0 rings (SSSR count). The van der Waals surface area contributed by atoms with Gasteiger partial charge in [-0.05, 0) is 64.2 Å². The number of rotatable bonds is 48. The van der Waals surface area contributed by atoms with E-state index < -0.39 is 6.10 Å². The second-order valence-electron chi connectivity index (χ2n) is 17.8. The van der Waals surface area contributed by atoms with Crippen molar-refractivity contribution < 1.29 is 28.6 Å². The first-order chi connectivity index (χ1) is 30.0. The minimum absolute atomic E-state index is 0.0777. The van der Waals surface area contributed by atoms with E-state index in [1.165, 1.54) is 135 Å². The molecule has 0 aromatic carbocycles. The van der Waals surface area contributed by atoms with Crippen LogP contribution in [0.2, 0.25) is 0 Å². The predicted octanol–water partition coefficient (Wildman–Crippen LogP) is 17.3. The summed E-state index contributed by atoms with van der Waals surface area (Å²) >= 11 is 0. The molecular weight excluding hydrogens is 757 g/mol. The van der Waals surface area contributed by atoms with Crippen LogP contribution in [-0.2, 0) is 28.6 Å². The van der Waals surface area contributed by atoms with Gasteiger partial charge in [0, 0.05) is 19.3 Å². The van der Waals surface area contributed by atoms with Crippen LogP contribution in [0.15, 0.2) is 36.5 Å². The van der Waals surface area contributed by atoms with Gasteiger partial charge in [0.1, 0.15) is 13.2 Å². The van der Waals surface area contributed by atoms with Crippen LogP contribution in [0.1, 0.15) is 278 Å². The maximum absolute atomic E-state index is 12.8. The average molecular weight is 857 g/mol. The molecule has 0 saturated heterocycles. The monoisotopic (exact) mass is 857 g/mol. The fourth-order valence-electron chi connectivity index (χ4n) is 7.60. The molecule has 0 aromatic heterocycles. The van der Waals surface area contributed by atoms with E-state index in [2.05, 4.69) is 57.2 Å². The van der Waals surface area contributed by atoms with Gasteiger partial charge in [0.25, 0.3) is 0 Å². The summed E-state index contributed by atoms with van der Waals surface area (Å²) in [6.45, 7) is 6.52. The first-order valence-corrected chi connectivity index (χ1v) is 26.5. The van der Waals surface area contributed by atoms with Gasteiger partial charge in [0.05, 0.1) is 0 Å². The Bertz CT molecular complexity index is 1030. The molecule has 0 aliphatic heterocycles. The lowest BCUT2D eigenvalue weighted by atomic mass is 10.0. The third-order valence-electron chi connectivity index (χ3n) is 11.6. The van der Waals surface area contributed by atoms with Crippen molar-refractivity contribution in [3.63, 3.8) is 0 Å². The van der Waals surface area contributed by atoms with E-state index in [1.807, 2.05) is 0 Å². The zero-order valence-corrected chi connectivity index (χ0v) is 40.7. The van der Waals surface area contributed by atoms with Crippen molar-refractivity contribution >= 4 is 17.9 Å². The minimum Gasteiger partial charge on any atom is -0.462 e. The van der Waals surface area contributed by atoms with Gasteiger partial charge in [-0.1, -0.05) is 231 Å². The van der Waals surface area contributed by atoms with Crippen molar-refractivity contribution in [2.24, 2.45) is 0 Å². The number of ether oxygens (including phenoxy) is 3. The van der Waals surface area contributed by atoms with Gasteiger partial charge in [-0.25, -0.2) is 0 Å². The highest BCUT2D eigenvalue weighted by molar-refractivity contribution is 5.71. The fraction of sp³-hybridized carbons (Fsp3) is 0.836. The van der Waals surface area contributed by atoms with E-state index in [9.17, 15) is 14.4 Å². The number of unbranched alkanes of at least 4 members (excludes halogenated alkanes) is 31. The molecule has 6 nitrogen and oxygen atoms in total. The second kappa shape index (κ2) is 50.3. The molecule has 0 aromatic rings. The van der Waals surface area contributed by atoms with Crippen LogP contribution in [0.25, 0.3) is 0 Å². The Balaban J connectivity index is 4.26. The minimum atomic E-state index is -0.778. The molecule has 61 heavy (non-hydrogen) atoms. The highest BCUT2D eigenvalue weighted by Gasteiger charge is 2.19. The molecule has 1 unspecified atom stereocenters. The predicted molar refractivity (Wildman–Crippen MR) is 261 cm³/mol. The Morgan fingerprint density at radius 3 is 1.00 bits per heavy atom. The summed E-state index contributed by atoms with van der Waals surface area (Å²) < 4.78 is 16.8. The van der Waals surface area contributed by atoms with E-state index in [0.29, 0.717) is 19.3 Å². The summed E-state index contributed by atoms with van der Waals surface area (Å²) in [5, 5.41) is 0. The Labute approximate surface area is 378 Å². The maximum atomic E-state index is 12.8. The first-order valence-electron chi connectivity index (χ1n) is 26.5. The van der Waals surface area contributed by atoms with Gasteiger partial charge in [0.2, 0.25) is 0 Å². The first kappa shape index (κ1) is 58.6. The number of esters is 3. The van der Waals surface area contributed by atoms with Crippen LogP contribution in [0.4, 0.5) is 0 Å². The second-order valence-corrected chi connectivity index (χ2v) is 17.8.